The van der Waals surface area contributed by atoms with Gasteiger partial charge < -0.3 is 10.3 Å². The third kappa shape index (κ3) is 2.60. The predicted octanol–water partition coefficient (Wildman–Crippen LogP) is 2.47. The number of thioether (sulfide) groups is 1. The zero-order chi connectivity index (χ0) is 12.4. The van der Waals surface area contributed by atoms with Crippen LogP contribution in [0.25, 0.3) is 0 Å². The molecule has 1 aliphatic rings. The molecule has 0 unspecified atom stereocenters. The maximum absolute atomic E-state index is 5.70. The molecule has 2 aromatic heterocycles. The van der Waals surface area contributed by atoms with Crippen LogP contribution >= 0.6 is 23.1 Å². The van der Waals surface area contributed by atoms with E-state index in [1.165, 1.54) is 18.4 Å². The lowest BCUT2D eigenvalue weighted by atomic mass is 10.3. The molecule has 1 aliphatic carbocycles. The van der Waals surface area contributed by atoms with Gasteiger partial charge in [-0.1, -0.05) is 11.8 Å². The van der Waals surface area contributed by atoms with E-state index in [1.54, 1.807) is 23.1 Å². The van der Waals surface area contributed by atoms with Crippen molar-refractivity contribution >= 4 is 23.1 Å². The van der Waals surface area contributed by atoms with E-state index in [2.05, 4.69) is 31.6 Å². The summed E-state index contributed by atoms with van der Waals surface area (Å²) in [5.74, 6) is 1.97. The van der Waals surface area contributed by atoms with E-state index in [0.29, 0.717) is 12.6 Å². The summed E-state index contributed by atoms with van der Waals surface area (Å²) < 4.78 is 2.23. The summed E-state index contributed by atoms with van der Waals surface area (Å²) in [5, 5.41) is 13.8. The highest BCUT2D eigenvalue weighted by atomic mass is 32.2. The van der Waals surface area contributed by atoms with Gasteiger partial charge in [0, 0.05) is 11.8 Å². The second-order valence-electron chi connectivity index (χ2n) is 4.43. The SMILES string of the molecule is NCc1nnc(SCCc2ccsc2)n1C1CC1. The first kappa shape index (κ1) is 12.2. The van der Waals surface area contributed by atoms with Crippen LogP contribution in [0.15, 0.2) is 22.0 Å². The Morgan fingerprint density at radius 3 is 3.00 bits per heavy atom. The Morgan fingerprint density at radius 1 is 1.44 bits per heavy atom. The Balaban J connectivity index is 1.63. The van der Waals surface area contributed by atoms with Gasteiger partial charge in [0.05, 0.1) is 6.54 Å². The Hall–Kier alpha value is -0.850. The average Bonchev–Trinajstić information content (AvgIpc) is 2.93. The second kappa shape index (κ2) is 5.42. The van der Waals surface area contributed by atoms with Crippen LogP contribution in [0, 0.1) is 0 Å². The van der Waals surface area contributed by atoms with Crippen LogP contribution in [-0.4, -0.2) is 20.5 Å². The molecule has 0 radical (unpaired) electrons. The highest BCUT2D eigenvalue weighted by Crippen LogP contribution is 2.38. The minimum atomic E-state index is 0.481. The first-order valence-corrected chi connectivity index (χ1v) is 8.09. The van der Waals surface area contributed by atoms with Crippen molar-refractivity contribution in [3.05, 3.63) is 28.2 Å². The minimum Gasteiger partial charge on any atom is -0.324 e. The van der Waals surface area contributed by atoms with Crippen LogP contribution in [0.5, 0.6) is 0 Å². The van der Waals surface area contributed by atoms with E-state index in [1.807, 2.05) is 0 Å². The van der Waals surface area contributed by atoms with E-state index in [0.717, 1.165) is 23.2 Å². The van der Waals surface area contributed by atoms with E-state index in [4.69, 9.17) is 5.73 Å². The maximum Gasteiger partial charge on any atom is 0.191 e. The van der Waals surface area contributed by atoms with Crippen LogP contribution in [-0.2, 0) is 13.0 Å². The van der Waals surface area contributed by atoms with Crippen molar-refractivity contribution in [3.8, 4) is 0 Å². The van der Waals surface area contributed by atoms with Gasteiger partial charge in [0.25, 0.3) is 0 Å². The van der Waals surface area contributed by atoms with Crippen LogP contribution in [0.2, 0.25) is 0 Å². The topological polar surface area (TPSA) is 56.7 Å². The summed E-state index contributed by atoms with van der Waals surface area (Å²) in [7, 11) is 0. The minimum absolute atomic E-state index is 0.481. The molecule has 0 spiro atoms. The number of nitrogens with zero attached hydrogens (tertiary/aromatic N) is 3. The van der Waals surface area contributed by atoms with E-state index in [9.17, 15) is 0 Å². The molecule has 1 fully saturated rings. The zero-order valence-corrected chi connectivity index (χ0v) is 11.7. The van der Waals surface area contributed by atoms with E-state index < -0.39 is 0 Å². The monoisotopic (exact) mass is 280 g/mol. The van der Waals surface area contributed by atoms with Gasteiger partial charge in [0.2, 0.25) is 0 Å². The molecule has 0 saturated heterocycles. The number of aryl methyl sites for hydroxylation is 1. The quantitative estimate of drug-likeness (QED) is 0.826. The molecule has 2 heterocycles. The summed E-state index contributed by atoms with van der Waals surface area (Å²) in [6.07, 6.45) is 3.57. The van der Waals surface area contributed by atoms with Gasteiger partial charge >= 0.3 is 0 Å². The van der Waals surface area contributed by atoms with Crippen molar-refractivity contribution in [2.75, 3.05) is 5.75 Å². The fourth-order valence-corrected chi connectivity index (χ4v) is 3.66. The number of hydrogen-bond acceptors (Lipinski definition) is 5. The molecule has 3 rings (SSSR count). The summed E-state index contributed by atoms with van der Waals surface area (Å²) in [5.41, 5.74) is 7.11. The molecular weight excluding hydrogens is 264 g/mol. The molecule has 0 amide bonds. The number of aromatic nitrogens is 3. The van der Waals surface area contributed by atoms with Crippen molar-refractivity contribution in [3.63, 3.8) is 0 Å². The van der Waals surface area contributed by atoms with Crippen molar-refractivity contribution in [2.24, 2.45) is 5.73 Å². The second-order valence-corrected chi connectivity index (χ2v) is 6.28. The zero-order valence-electron chi connectivity index (χ0n) is 10.1. The number of nitrogens with two attached hydrogens (primary N) is 1. The fourth-order valence-electron chi connectivity index (χ4n) is 1.94. The summed E-state index contributed by atoms with van der Waals surface area (Å²) in [4.78, 5) is 0. The van der Waals surface area contributed by atoms with Crippen LogP contribution in [0.4, 0.5) is 0 Å². The molecule has 0 atom stereocenters. The first-order chi connectivity index (χ1) is 8.88. The summed E-state index contributed by atoms with van der Waals surface area (Å²) in [6, 6.07) is 2.78. The molecule has 6 heteroatoms. The van der Waals surface area contributed by atoms with Crippen molar-refractivity contribution in [1.82, 2.24) is 14.8 Å². The highest BCUT2D eigenvalue weighted by Gasteiger charge is 2.28. The fraction of sp³-hybridized carbons (Fsp3) is 0.500. The third-order valence-electron chi connectivity index (χ3n) is 3.03. The normalized spacial score (nSPS) is 15.2. The first-order valence-electron chi connectivity index (χ1n) is 6.16. The largest absolute Gasteiger partial charge is 0.324 e. The molecule has 18 heavy (non-hydrogen) atoms. The maximum atomic E-state index is 5.70. The van der Waals surface area contributed by atoms with E-state index in [-0.39, 0.29) is 0 Å². The molecule has 0 aromatic carbocycles. The Labute approximate surface area is 115 Å². The third-order valence-corrected chi connectivity index (χ3v) is 4.71. The highest BCUT2D eigenvalue weighted by molar-refractivity contribution is 7.99. The van der Waals surface area contributed by atoms with Gasteiger partial charge in [-0.2, -0.15) is 11.3 Å². The van der Waals surface area contributed by atoms with Crippen LogP contribution in [0.1, 0.15) is 30.3 Å². The molecule has 2 N–H and O–H groups in total. The standard InChI is InChI=1S/C12H16N4S2/c13-7-11-14-15-12(16(11)10-1-2-10)18-6-4-9-3-5-17-8-9/h3,5,8,10H,1-2,4,6-7,13H2. The number of rotatable bonds is 6. The van der Waals surface area contributed by atoms with Gasteiger partial charge in [-0.15, -0.1) is 10.2 Å². The van der Waals surface area contributed by atoms with Crippen molar-refractivity contribution < 1.29 is 0 Å². The molecule has 2 aromatic rings. The average molecular weight is 280 g/mol. The Bertz CT molecular complexity index is 502. The van der Waals surface area contributed by atoms with E-state index >= 15 is 0 Å². The summed E-state index contributed by atoms with van der Waals surface area (Å²) >= 11 is 3.54. The predicted molar refractivity (Wildman–Crippen MR) is 74.9 cm³/mol. The lowest BCUT2D eigenvalue weighted by Gasteiger charge is -2.06. The molecule has 4 nitrogen and oxygen atoms in total. The van der Waals surface area contributed by atoms with Gasteiger partial charge in [-0.3, -0.25) is 0 Å². The van der Waals surface area contributed by atoms with Crippen molar-refractivity contribution in [2.45, 2.75) is 37.0 Å². The van der Waals surface area contributed by atoms with Gasteiger partial charge in [0.15, 0.2) is 5.16 Å². The molecular formula is C12H16N4S2. The van der Waals surface area contributed by atoms with Gasteiger partial charge in [-0.05, 0) is 41.7 Å². The Morgan fingerprint density at radius 2 is 2.33 bits per heavy atom. The molecule has 0 bridgehead atoms. The lowest BCUT2D eigenvalue weighted by molar-refractivity contribution is 0.626. The van der Waals surface area contributed by atoms with Gasteiger partial charge in [0.1, 0.15) is 5.82 Å². The lowest BCUT2D eigenvalue weighted by Crippen LogP contribution is -2.08. The molecule has 1 saturated carbocycles. The number of thiophene rings is 1. The Kier molecular flexibility index (Phi) is 3.67. The van der Waals surface area contributed by atoms with Gasteiger partial charge in [-0.25, -0.2) is 0 Å². The van der Waals surface area contributed by atoms with Crippen molar-refractivity contribution in [1.29, 1.82) is 0 Å². The summed E-state index contributed by atoms with van der Waals surface area (Å²) in [6.45, 7) is 0.481. The molecule has 96 valence electrons. The van der Waals surface area contributed by atoms with Crippen LogP contribution in [0.3, 0.4) is 0 Å². The molecule has 0 aliphatic heterocycles. The van der Waals surface area contributed by atoms with Crippen LogP contribution < -0.4 is 5.73 Å². The number of hydrogen-bond donors (Lipinski definition) is 1. The smallest absolute Gasteiger partial charge is 0.191 e.